The number of hydrazine groups is 1. The number of phenols is 2. The van der Waals surface area contributed by atoms with Gasteiger partial charge in [-0.1, -0.05) is 6.07 Å². The van der Waals surface area contributed by atoms with E-state index in [1.807, 2.05) is 0 Å². The van der Waals surface area contributed by atoms with Gasteiger partial charge in [0.2, 0.25) is 0 Å². The van der Waals surface area contributed by atoms with E-state index >= 15 is 0 Å². The number of aromatic hydroxyl groups is 2. The molecule has 1 atom stereocenters. The number of carboxylic acid groups (broad SMARTS) is 1. The summed E-state index contributed by atoms with van der Waals surface area (Å²) in [5.41, 5.74) is 1.45. The molecule has 0 radical (unpaired) electrons. The number of rotatable bonds is 4. The van der Waals surface area contributed by atoms with Crippen molar-refractivity contribution in [2.45, 2.75) is 18.9 Å². The predicted octanol–water partition coefficient (Wildman–Crippen LogP) is -2.56. The van der Waals surface area contributed by atoms with Crippen molar-refractivity contribution in [3.05, 3.63) is 23.8 Å². The van der Waals surface area contributed by atoms with Crippen molar-refractivity contribution in [3.63, 3.8) is 0 Å². The van der Waals surface area contributed by atoms with Crippen LogP contribution in [0.4, 0.5) is 0 Å². The average Bonchev–Trinajstić information content (AvgIpc) is 2.39. The molecule has 1 unspecified atom stereocenters. The van der Waals surface area contributed by atoms with Crippen LogP contribution in [-0.4, -0.2) is 85.7 Å². The van der Waals surface area contributed by atoms with Crippen LogP contribution in [0.3, 0.4) is 0 Å². The molecule has 0 heterocycles. The first kappa shape index (κ1) is 31.1. The molecule has 0 bridgehead atoms. The van der Waals surface area contributed by atoms with Crippen LogP contribution < -0.4 is 11.3 Å². The number of carboxylic acids is 1. The van der Waals surface area contributed by atoms with Gasteiger partial charge in [-0.2, -0.15) is 0 Å². The van der Waals surface area contributed by atoms with E-state index in [2.05, 4.69) is 5.43 Å². The molecule has 0 saturated heterocycles. The molecule has 1 aromatic rings. The molecule has 14 nitrogen and oxygen atoms in total. The topological polar surface area (TPSA) is 271 Å². The van der Waals surface area contributed by atoms with Gasteiger partial charge in [-0.15, -0.1) is 0 Å². The Hall–Kier alpha value is -0.570. The molecule has 1 aromatic carbocycles. The Balaban J connectivity index is -0.000000436. The van der Waals surface area contributed by atoms with E-state index in [0.29, 0.717) is 5.56 Å². The Morgan fingerprint density at radius 2 is 1.41 bits per heavy atom. The summed E-state index contributed by atoms with van der Waals surface area (Å²) >= 11 is 0. The number of aliphatic carboxylic acids is 1. The minimum atomic E-state index is -4.64. The number of carbonyl (C=O) groups is 1. The Morgan fingerprint density at radius 3 is 1.67 bits per heavy atom. The van der Waals surface area contributed by atoms with Crippen molar-refractivity contribution in [2.24, 2.45) is 5.84 Å². The molecule has 0 aliphatic heterocycles. The first-order valence-electron chi connectivity index (χ1n) is 6.17. The summed E-state index contributed by atoms with van der Waals surface area (Å²) in [6, 6.07) is 4.12. The summed E-state index contributed by atoms with van der Waals surface area (Å²) in [5.74, 6) is 3.55. The third-order valence-electron chi connectivity index (χ3n) is 2.39. The van der Waals surface area contributed by atoms with Gasteiger partial charge in [0.25, 0.3) is 0 Å². The van der Waals surface area contributed by atoms with Gasteiger partial charge in [-0.25, -0.2) is 14.6 Å². The molecule has 0 aromatic heterocycles. The molecule has 0 aliphatic rings. The van der Waals surface area contributed by atoms with Crippen LogP contribution in [0, 0.1) is 0 Å². The van der Waals surface area contributed by atoms with E-state index in [1.165, 1.54) is 25.1 Å². The van der Waals surface area contributed by atoms with Crippen molar-refractivity contribution in [2.75, 3.05) is 0 Å². The summed E-state index contributed by atoms with van der Waals surface area (Å²) < 4.78 is 17.8. The minimum absolute atomic E-state index is 0. The molecule has 27 heavy (non-hydrogen) atoms. The number of phosphoric acid groups is 2. The number of phenolic OH excluding ortho intramolecular Hbond substituents is 2. The van der Waals surface area contributed by atoms with Crippen molar-refractivity contribution in [3.8, 4) is 11.5 Å². The summed E-state index contributed by atoms with van der Waals surface area (Å²) in [6.45, 7) is 1.43. The van der Waals surface area contributed by atoms with Crippen LogP contribution in [0.2, 0.25) is 0 Å². The number of hydrogen-bond donors (Lipinski definition) is 11. The fourth-order valence-corrected chi connectivity index (χ4v) is 1.28. The quantitative estimate of drug-likeness (QED) is 0.0747. The number of benzene rings is 1. The predicted molar refractivity (Wildman–Crippen MR) is 92.5 cm³/mol. The first-order valence-corrected chi connectivity index (χ1v) is 9.30. The van der Waals surface area contributed by atoms with E-state index in [1.54, 1.807) is 0 Å². The van der Waals surface area contributed by atoms with Gasteiger partial charge in [-0.05, 0) is 24.6 Å². The molecule has 1 rings (SSSR count). The zero-order valence-corrected chi connectivity index (χ0v) is 14.9. The van der Waals surface area contributed by atoms with Crippen molar-refractivity contribution in [1.82, 2.24) is 5.43 Å². The van der Waals surface area contributed by atoms with Crippen LogP contribution in [-0.2, 0) is 20.3 Å². The fourth-order valence-electron chi connectivity index (χ4n) is 1.28. The molecule has 0 amide bonds. The third-order valence-corrected chi connectivity index (χ3v) is 2.39. The molecule has 0 aliphatic carbocycles. The summed E-state index contributed by atoms with van der Waals surface area (Å²) in [5, 5.41) is 27.3. The van der Waals surface area contributed by atoms with Crippen LogP contribution in [0.25, 0.3) is 0 Å². The molecule has 12 N–H and O–H groups in total. The molecule has 154 valence electrons. The van der Waals surface area contributed by atoms with E-state index in [9.17, 15) is 9.90 Å². The van der Waals surface area contributed by atoms with Gasteiger partial charge >= 0.3 is 51.2 Å². The Morgan fingerprint density at radius 1 is 1.04 bits per heavy atom. The summed E-state index contributed by atoms with van der Waals surface area (Å²) in [4.78, 5) is 54.1. The van der Waals surface area contributed by atoms with E-state index in [0.717, 1.165) is 0 Å². The summed E-state index contributed by atoms with van der Waals surface area (Å²) in [6.07, 6.45) is 0.0900. The Kier molecular flexibility index (Phi) is 14.8. The third kappa shape index (κ3) is 20.0. The van der Waals surface area contributed by atoms with Gasteiger partial charge in [-0.3, -0.25) is 10.6 Å². The van der Waals surface area contributed by atoms with Crippen LogP contribution in [0.1, 0.15) is 12.5 Å². The van der Waals surface area contributed by atoms with Crippen molar-refractivity contribution >= 4 is 51.2 Å². The zero-order valence-electron chi connectivity index (χ0n) is 13.2. The van der Waals surface area contributed by atoms with E-state index < -0.39 is 27.2 Å². The standard InChI is InChI=1S/C10H14N2O4.Na.2H3O4P.H/c1-10(12-11,9(15)16)5-6-2-3-7(13)8(14)4-6;;2*1-5(2,3)4;/h2-4,12-14H,5,11H2,1H3,(H,15,16);;2*(H3,1,2,3,4);. The SMILES string of the molecule is CC(Cc1ccc(O)c(O)c1)(NN)C(=O)O.O=P(O)(O)O.O=P(O)(O)O.[NaH]. The van der Waals surface area contributed by atoms with Crippen LogP contribution in [0.5, 0.6) is 11.5 Å². The first-order chi connectivity index (χ1) is 11.4. The Bertz CT molecular complexity index is 656. The van der Waals surface area contributed by atoms with E-state index in [4.69, 9.17) is 54.5 Å². The molecule has 17 heteroatoms. The van der Waals surface area contributed by atoms with Gasteiger partial charge in [0.1, 0.15) is 5.54 Å². The molecular formula is C10H21N2NaO12P2. The molecule has 0 fully saturated rings. The maximum atomic E-state index is 11.0. The normalized spacial score (nSPS) is 12.9. The van der Waals surface area contributed by atoms with Crippen molar-refractivity contribution in [1.29, 1.82) is 0 Å². The second-order valence-electron chi connectivity index (χ2n) is 4.81. The van der Waals surface area contributed by atoms with Gasteiger partial charge in [0, 0.05) is 6.42 Å². The number of hydrogen-bond acceptors (Lipinski definition) is 7. The average molecular weight is 446 g/mol. The number of nitrogens with one attached hydrogen (secondary N) is 1. The second kappa shape index (κ2) is 12.8. The monoisotopic (exact) mass is 446 g/mol. The maximum absolute atomic E-state index is 11.0. The number of nitrogens with two attached hydrogens (primary N) is 1. The van der Waals surface area contributed by atoms with Gasteiger partial charge < -0.3 is 44.7 Å². The van der Waals surface area contributed by atoms with Crippen molar-refractivity contribution < 1.29 is 58.6 Å². The summed E-state index contributed by atoms with van der Waals surface area (Å²) in [7, 11) is -9.28. The molecular weight excluding hydrogens is 425 g/mol. The van der Waals surface area contributed by atoms with Gasteiger partial charge in [0.05, 0.1) is 0 Å². The molecule has 0 spiro atoms. The molecule has 0 saturated carbocycles. The van der Waals surface area contributed by atoms with Crippen LogP contribution >= 0.6 is 15.6 Å². The zero-order chi connectivity index (χ0) is 21.3. The second-order valence-corrected chi connectivity index (χ2v) is 6.86. The van der Waals surface area contributed by atoms with Crippen LogP contribution in [0.15, 0.2) is 18.2 Å². The van der Waals surface area contributed by atoms with E-state index in [-0.39, 0.29) is 47.5 Å². The van der Waals surface area contributed by atoms with Gasteiger partial charge in [0.15, 0.2) is 11.5 Å². The fraction of sp³-hybridized carbons (Fsp3) is 0.300. The Labute approximate surface area is 175 Å².